The van der Waals surface area contributed by atoms with Crippen LogP contribution in [-0.4, -0.2) is 21.0 Å². The summed E-state index contributed by atoms with van der Waals surface area (Å²) >= 11 is 6.14. The molecular formula is C20H22ClFN4. The van der Waals surface area contributed by atoms with Crippen molar-refractivity contribution < 1.29 is 4.39 Å². The Labute approximate surface area is 158 Å². The second kappa shape index (κ2) is 8.43. The lowest BCUT2D eigenvalue weighted by Gasteiger charge is -2.10. The Morgan fingerprint density at radius 3 is 2.58 bits per heavy atom. The van der Waals surface area contributed by atoms with Gasteiger partial charge in [0.1, 0.15) is 17.2 Å². The summed E-state index contributed by atoms with van der Waals surface area (Å²) in [6.07, 6.45) is 1.03. The van der Waals surface area contributed by atoms with Crippen LogP contribution < -0.4 is 5.32 Å². The molecule has 3 rings (SSSR count). The molecule has 26 heavy (non-hydrogen) atoms. The molecule has 0 unspecified atom stereocenters. The van der Waals surface area contributed by atoms with Crippen LogP contribution in [0.2, 0.25) is 5.02 Å². The lowest BCUT2D eigenvalue weighted by atomic mass is 10.1. The Morgan fingerprint density at radius 2 is 1.88 bits per heavy atom. The van der Waals surface area contributed by atoms with Crippen molar-refractivity contribution in [2.75, 3.05) is 0 Å². The third-order valence-corrected chi connectivity index (χ3v) is 4.72. The fourth-order valence-electron chi connectivity index (χ4n) is 2.63. The van der Waals surface area contributed by atoms with Gasteiger partial charge < -0.3 is 5.32 Å². The highest BCUT2D eigenvalue weighted by Gasteiger charge is 2.16. The van der Waals surface area contributed by atoms with E-state index in [9.17, 15) is 4.39 Å². The Balaban J connectivity index is 1.93. The Kier molecular flexibility index (Phi) is 6.01. The monoisotopic (exact) mass is 372 g/mol. The van der Waals surface area contributed by atoms with Gasteiger partial charge in [-0.25, -0.2) is 4.39 Å². The molecule has 136 valence electrons. The first-order chi connectivity index (χ1) is 12.6. The van der Waals surface area contributed by atoms with Crippen LogP contribution in [0.1, 0.15) is 31.5 Å². The minimum atomic E-state index is -0.352. The number of nitrogens with zero attached hydrogens (tertiary/aromatic N) is 3. The molecule has 2 aromatic carbocycles. The number of hydrogen-bond donors (Lipinski definition) is 1. The van der Waals surface area contributed by atoms with E-state index in [-0.39, 0.29) is 12.4 Å². The fraction of sp³-hybridized carbons (Fsp3) is 0.300. The first-order valence-corrected chi connectivity index (χ1v) is 9.12. The number of nitrogens with one attached hydrogen (secondary N) is 1. The molecule has 1 atom stereocenters. The van der Waals surface area contributed by atoms with Gasteiger partial charge >= 0.3 is 0 Å². The van der Waals surface area contributed by atoms with E-state index in [0.717, 1.165) is 23.4 Å². The zero-order valence-electron chi connectivity index (χ0n) is 14.9. The second-order valence-electron chi connectivity index (χ2n) is 6.28. The molecule has 1 N–H and O–H groups in total. The number of hydrogen-bond acceptors (Lipinski definition) is 3. The molecule has 0 amide bonds. The minimum Gasteiger partial charge on any atom is -0.309 e. The van der Waals surface area contributed by atoms with Crippen molar-refractivity contribution in [2.24, 2.45) is 0 Å². The summed E-state index contributed by atoms with van der Waals surface area (Å²) in [6, 6.07) is 14.9. The lowest BCUT2D eigenvalue weighted by molar-refractivity contribution is 0.515. The standard InChI is InChI=1S/C20H22ClFN4/c1-3-14(2)23-12-19-20(15-8-5-4-6-9-15)25-26(24-19)13-16-17(21)10-7-11-18(16)22/h4-11,14,23H,3,12-13H2,1-2H3/t14-/m0/s1. The molecule has 0 bridgehead atoms. The minimum absolute atomic E-state index is 0.189. The van der Waals surface area contributed by atoms with Crippen molar-refractivity contribution in [2.45, 2.75) is 39.4 Å². The van der Waals surface area contributed by atoms with Gasteiger partial charge in [-0.2, -0.15) is 15.0 Å². The third kappa shape index (κ3) is 4.29. The Bertz CT molecular complexity index is 843. The van der Waals surface area contributed by atoms with Crippen molar-refractivity contribution in [3.63, 3.8) is 0 Å². The van der Waals surface area contributed by atoms with Crippen molar-refractivity contribution in [3.8, 4) is 11.3 Å². The summed E-state index contributed by atoms with van der Waals surface area (Å²) in [7, 11) is 0. The largest absolute Gasteiger partial charge is 0.309 e. The van der Waals surface area contributed by atoms with E-state index < -0.39 is 0 Å². The molecule has 0 saturated carbocycles. The van der Waals surface area contributed by atoms with Crippen LogP contribution >= 0.6 is 11.6 Å². The van der Waals surface area contributed by atoms with E-state index in [0.29, 0.717) is 23.2 Å². The number of rotatable bonds is 7. The molecular weight excluding hydrogens is 351 g/mol. The van der Waals surface area contributed by atoms with Gasteiger partial charge in [0.15, 0.2) is 0 Å². The van der Waals surface area contributed by atoms with Crippen molar-refractivity contribution in [3.05, 3.63) is 70.6 Å². The van der Waals surface area contributed by atoms with Gasteiger partial charge in [-0.05, 0) is 25.5 Å². The summed E-state index contributed by atoms with van der Waals surface area (Å²) in [5, 5.41) is 13.0. The number of halogens is 2. The topological polar surface area (TPSA) is 42.7 Å². The molecule has 0 radical (unpaired) electrons. The molecule has 0 aliphatic heterocycles. The van der Waals surface area contributed by atoms with Crippen LogP contribution in [0.4, 0.5) is 4.39 Å². The maximum atomic E-state index is 14.1. The van der Waals surface area contributed by atoms with Crippen LogP contribution in [0, 0.1) is 5.82 Å². The van der Waals surface area contributed by atoms with E-state index in [1.807, 2.05) is 30.3 Å². The van der Waals surface area contributed by atoms with E-state index in [1.165, 1.54) is 10.9 Å². The van der Waals surface area contributed by atoms with E-state index in [4.69, 9.17) is 11.6 Å². The van der Waals surface area contributed by atoms with Gasteiger partial charge in [-0.1, -0.05) is 54.9 Å². The third-order valence-electron chi connectivity index (χ3n) is 4.36. The summed E-state index contributed by atoms with van der Waals surface area (Å²) in [5.74, 6) is -0.352. The van der Waals surface area contributed by atoms with Crippen molar-refractivity contribution in [1.82, 2.24) is 20.3 Å². The average molecular weight is 373 g/mol. The number of benzene rings is 2. The van der Waals surface area contributed by atoms with Crippen molar-refractivity contribution >= 4 is 11.6 Å². The van der Waals surface area contributed by atoms with Gasteiger partial charge in [-0.3, -0.25) is 0 Å². The normalized spacial score (nSPS) is 12.3. The van der Waals surface area contributed by atoms with Crippen LogP contribution in [-0.2, 0) is 13.1 Å². The van der Waals surface area contributed by atoms with Crippen LogP contribution in [0.25, 0.3) is 11.3 Å². The zero-order valence-corrected chi connectivity index (χ0v) is 15.7. The quantitative estimate of drug-likeness (QED) is 0.655. The molecule has 0 aliphatic carbocycles. The van der Waals surface area contributed by atoms with E-state index in [1.54, 1.807) is 12.1 Å². The van der Waals surface area contributed by atoms with Crippen molar-refractivity contribution in [1.29, 1.82) is 0 Å². The Hall–Kier alpha value is -2.24. The highest BCUT2D eigenvalue weighted by Crippen LogP contribution is 2.23. The highest BCUT2D eigenvalue weighted by molar-refractivity contribution is 6.31. The molecule has 0 saturated heterocycles. The fourth-order valence-corrected chi connectivity index (χ4v) is 2.86. The van der Waals surface area contributed by atoms with E-state index >= 15 is 0 Å². The lowest BCUT2D eigenvalue weighted by Crippen LogP contribution is -2.25. The Morgan fingerprint density at radius 1 is 1.12 bits per heavy atom. The predicted molar refractivity (Wildman–Crippen MR) is 103 cm³/mol. The van der Waals surface area contributed by atoms with Gasteiger partial charge in [-0.15, -0.1) is 0 Å². The maximum Gasteiger partial charge on any atom is 0.129 e. The van der Waals surface area contributed by atoms with Crippen LogP contribution in [0.5, 0.6) is 0 Å². The molecule has 1 heterocycles. The van der Waals surface area contributed by atoms with Gasteiger partial charge in [0.25, 0.3) is 0 Å². The molecule has 0 spiro atoms. The smallest absolute Gasteiger partial charge is 0.129 e. The van der Waals surface area contributed by atoms with E-state index in [2.05, 4.69) is 29.4 Å². The molecule has 1 aromatic heterocycles. The van der Waals surface area contributed by atoms with Crippen LogP contribution in [0.15, 0.2) is 48.5 Å². The molecule has 4 nitrogen and oxygen atoms in total. The second-order valence-corrected chi connectivity index (χ2v) is 6.69. The number of aromatic nitrogens is 3. The zero-order chi connectivity index (χ0) is 18.5. The molecule has 3 aromatic rings. The predicted octanol–water partition coefficient (Wildman–Crippen LogP) is 4.67. The first-order valence-electron chi connectivity index (χ1n) is 8.74. The van der Waals surface area contributed by atoms with Gasteiger partial charge in [0.05, 0.1) is 6.54 Å². The molecule has 0 fully saturated rings. The highest BCUT2D eigenvalue weighted by atomic mass is 35.5. The summed E-state index contributed by atoms with van der Waals surface area (Å²) < 4.78 is 14.1. The molecule has 0 aliphatic rings. The SMILES string of the molecule is CC[C@H](C)NCc1nn(Cc2c(F)cccc2Cl)nc1-c1ccccc1. The maximum absolute atomic E-state index is 14.1. The van der Waals surface area contributed by atoms with Gasteiger partial charge in [0.2, 0.25) is 0 Å². The average Bonchev–Trinajstić information content (AvgIpc) is 3.06. The first kappa shape index (κ1) is 18.5. The summed E-state index contributed by atoms with van der Waals surface area (Å²) in [4.78, 5) is 1.51. The summed E-state index contributed by atoms with van der Waals surface area (Å²) in [5.41, 5.74) is 3.02. The van der Waals surface area contributed by atoms with Gasteiger partial charge in [0, 0.05) is 28.7 Å². The van der Waals surface area contributed by atoms with Crippen LogP contribution in [0.3, 0.4) is 0 Å². The molecule has 6 heteroatoms. The summed E-state index contributed by atoms with van der Waals surface area (Å²) in [6.45, 7) is 5.05.